The van der Waals surface area contributed by atoms with Gasteiger partial charge >= 0.3 is 0 Å². The summed E-state index contributed by atoms with van der Waals surface area (Å²) in [6, 6.07) is 6.85. The summed E-state index contributed by atoms with van der Waals surface area (Å²) in [5, 5.41) is 0.799. The molecule has 1 aromatic carbocycles. The molecule has 0 bridgehead atoms. The number of benzene rings is 1. The summed E-state index contributed by atoms with van der Waals surface area (Å²) in [4.78, 5) is 5.14. The Morgan fingerprint density at radius 3 is 2.89 bits per heavy atom. The van der Waals surface area contributed by atoms with Crippen molar-refractivity contribution in [2.45, 2.75) is 31.8 Å². The van der Waals surface area contributed by atoms with Gasteiger partial charge in [-0.1, -0.05) is 17.7 Å². The van der Waals surface area contributed by atoms with Crippen LogP contribution in [0.25, 0.3) is 0 Å². The summed E-state index contributed by atoms with van der Waals surface area (Å²) in [7, 11) is 0. The van der Waals surface area contributed by atoms with Crippen LogP contribution in [0.5, 0.6) is 0 Å². The Labute approximate surface area is 120 Å². The highest BCUT2D eigenvalue weighted by atomic mass is 35.5. The molecule has 0 spiro atoms. The fourth-order valence-electron chi connectivity index (χ4n) is 3.47. The molecular weight excluding hydrogens is 258 g/mol. The maximum Gasteiger partial charge on any atom is 0.0471 e. The van der Waals surface area contributed by atoms with E-state index in [0.717, 1.165) is 23.7 Å². The van der Waals surface area contributed by atoms with E-state index < -0.39 is 0 Å². The second-order valence-corrected chi connectivity index (χ2v) is 5.98. The lowest BCUT2D eigenvalue weighted by Gasteiger charge is -2.29. The molecule has 0 amide bonds. The van der Waals surface area contributed by atoms with Crippen LogP contribution in [-0.2, 0) is 6.54 Å². The molecule has 3 nitrogen and oxygen atoms in total. The fraction of sp³-hybridized carbons (Fsp3) is 0.600. The molecular formula is C15H22ClN3. The van der Waals surface area contributed by atoms with Crippen molar-refractivity contribution in [2.75, 3.05) is 31.1 Å². The van der Waals surface area contributed by atoms with Gasteiger partial charge in [0, 0.05) is 48.5 Å². The van der Waals surface area contributed by atoms with Gasteiger partial charge in [-0.05, 0) is 37.9 Å². The summed E-state index contributed by atoms with van der Waals surface area (Å²) in [6.07, 6.45) is 3.90. The molecule has 2 aliphatic heterocycles. The molecule has 0 aliphatic carbocycles. The van der Waals surface area contributed by atoms with Gasteiger partial charge in [-0.25, -0.2) is 0 Å². The Hall–Kier alpha value is -0.770. The van der Waals surface area contributed by atoms with E-state index in [1.165, 1.54) is 38.0 Å². The topological polar surface area (TPSA) is 32.5 Å². The van der Waals surface area contributed by atoms with Crippen molar-refractivity contribution >= 4 is 17.3 Å². The number of nitrogens with two attached hydrogens (primary N) is 1. The average Bonchev–Trinajstić information content (AvgIpc) is 2.76. The van der Waals surface area contributed by atoms with E-state index >= 15 is 0 Å². The van der Waals surface area contributed by atoms with Crippen LogP contribution >= 0.6 is 11.6 Å². The van der Waals surface area contributed by atoms with Gasteiger partial charge in [0.25, 0.3) is 0 Å². The molecule has 0 saturated carbocycles. The molecule has 2 heterocycles. The largest absolute Gasteiger partial charge is 0.370 e. The number of rotatable bonds is 2. The molecule has 104 valence electrons. The summed E-state index contributed by atoms with van der Waals surface area (Å²) in [6.45, 7) is 5.26. The normalized spacial score (nSPS) is 24.3. The van der Waals surface area contributed by atoms with Crippen molar-refractivity contribution in [1.29, 1.82) is 0 Å². The van der Waals surface area contributed by atoms with Crippen LogP contribution in [0.15, 0.2) is 18.2 Å². The Balaban J connectivity index is 1.87. The first-order valence-corrected chi connectivity index (χ1v) is 7.64. The third-order valence-electron chi connectivity index (χ3n) is 4.44. The van der Waals surface area contributed by atoms with E-state index in [0.29, 0.717) is 12.6 Å². The van der Waals surface area contributed by atoms with Crippen LogP contribution in [-0.4, -0.2) is 37.1 Å². The van der Waals surface area contributed by atoms with E-state index in [-0.39, 0.29) is 0 Å². The zero-order chi connectivity index (χ0) is 13.2. The van der Waals surface area contributed by atoms with Crippen LogP contribution in [0, 0.1) is 0 Å². The van der Waals surface area contributed by atoms with Gasteiger partial charge in [-0.2, -0.15) is 0 Å². The molecule has 19 heavy (non-hydrogen) atoms. The summed E-state index contributed by atoms with van der Waals surface area (Å²) in [5.41, 5.74) is 8.22. The fourth-order valence-corrected chi connectivity index (χ4v) is 3.72. The molecule has 2 aliphatic rings. The molecule has 2 saturated heterocycles. The van der Waals surface area contributed by atoms with Crippen LogP contribution in [0.2, 0.25) is 5.02 Å². The Morgan fingerprint density at radius 1 is 1.21 bits per heavy atom. The van der Waals surface area contributed by atoms with Crippen LogP contribution < -0.4 is 10.6 Å². The van der Waals surface area contributed by atoms with E-state index in [4.69, 9.17) is 17.3 Å². The third-order valence-corrected chi connectivity index (χ3v) is 4.80. The lowest BCUT2D eigenvalue weighted by Crippen LogP contribution is -2.37. The molecule has 1 unspecified atom stereocenters. The molecule has 0 aromatic heterocycles. The predicted octanol–water partition coefficient (Wildman–Crippen LogP) is 2.47. The van der Waals surface area contributed by atoms with E-state index in [9.17, 15) is 0 Å². The average molecular weight is 280 g/mol. The first kappa shape index (κ1) is 13.2. The lowest BCUT2D eigenvalue weighted by atomic mass is 10.1. The SMILES string of the molecule is NCc1c(Cl)cccc1N1CCCN2CCCC2C1. The smallest absolute Gasteiger partial charge is 0.0471 e. The van der Waals surface area contributed by atoms with E-state index in [1.807, 2.05) is 12.1 Å². The lowest BCUT2D eigenvalue weighted by molar-refractivity contribution is 0.273. The maximum atomic E-state index is 6.28. The van der Waals surface area contributed by atoms with Gasteiger partial charge in [-0.3, -0.25) is 4.90 Å². The van der Waals surface area contributed by atoms with Crippen LogP contribution in [0.1, 0.15) is 24.8 Å². The van der Waals surface area contributed by atoms with Crippen molar-refractivity contribution in [3.05, 3.63) is 28.8 Å². The number of nitrogens with zero attached hydrogens (tertiary/aromatic N) is 2. The Bertz CT molecular complexity index is 449. The van der Waals surface area contributed by atoms with Crippen LogP contribution in [0.4, 0.5) is 5.69 Å². The molecule has 1 atom stereocenters. The first-order valence-electron chi connectivity index (χ1n) is 7.26. The van der Waals surface area contributed by atoms with Gasteiger partial charge < -0.3 is 10.6 Å². The molecule has 1 aromatic rings. The highest BCUT2D eigenvalue weighted by Crippen LogP contribution is 2.30. The van der Waals surface area contributed by atoms with Gasteiger partial charge in [0.1, 0.15) is 0 Å². The maximum absolute atomic E-state index is 6.28. The minimum absolute atomic E-state index is 0.514. The highest BCUT2D eigenvalue weighted by Gasteiger charge is 2.29. The van der Waals surface area contributed by atoms with Crippen molar-refractivity contribution in [3.63, 3.8) is 0 Å². The molecule has 0 radical (unpaired) electrons. The molecule has 2 fully saturated rings. The van der Waals surface area contributed by atoms with Crippen molar-refractivity contribution < 1.29 is 0 Å². The highest BCUT2D eigenvalue weighted by molar-refractivity contribution is 6.31. The number of hydrogen-bond donors (Lipinski definition) is 1. The van der Waals surface area contributed by atoms with Gasteiger partial charge in [-0.15, -0.1) is 0 Å². The molecule has 4 heteroatoms. The van der Waals surface area contributed by atoms with Gasteiger partial charge in [0.15, 0.2) is 0 Å². The zero-order valence-electron chi connectivity index (χ0n) is 11.3. The first-order chi connectivity index (χ1) is 9.29. The van der Waals surface area contributed by atoms with E-state index in [1.54, 1.807) is 0 Å². The second kappa shape index (κ2) is 5.70. The van der Waals surface area contributed by atoms with Gasteiger partial charge in [0.2, 0.25) is 0 Å². The monoisotopic (exact) mass is 279 g/mol. The summed E-state index contributed by atoms with van der Waals surface area (Å²) >= 11 is 6.28. The molecule has 2 N–H and O–H groups in total. The minimum atomic E-state index is 0.514. The van der Waals surface area contributed by atoms with Crippen molar-refractivity contribution in [1.82, 2.24) is 4.90 Å². The summed E-state index contributed by atoms with van der Waals surface area (Å²) in [5.74, 6) is 0. The van der Waals surface area contributed by atoms with Crippen molar-refractivity contribution in [2.24, 2.45) is 5.73 Å². The van der Waals surface area contributed by atoms with E-state index in [2.05, 4.69) is 15.9 Å². The summed E-state index contributed by atoms with van der Waals surface area (Å²) < 4.78 is 0. The number of hydrogen-bond acceptors (Lipinski definition) is 3. The quantitative estimate of drug-likeness (QED) is 0.903. The van der Waals surface area contributed by atoms with Crippen LogP contribution in [0.3, 0.4) is 0 Å². The predicted molar refractivity (Wildman–Crippen MR) is 80.8 cm³/mol. The number of halogens is 1. The standard InChI is InChI=1S/C15H22ClN3/c16-14-5-1-6-15(13(14)10-17)19-9-3-8-18-7-2-4-12(18)11-19/h1,5-6,12H,2-4,7-11,17H2. The Morgan fingerprint density at radius 2 is 2.05 bits per heavy atom. The second-order valence-electron chi connectivity index (χ2n) is 5.57. The number of anilines is 1. The third kappa shape index (κ3) is 2.60. The molecule has 3 rings (SSSR count). The number of fused-ring (bicyclic) bond motifs is 1. The van der Waals surface area contributed by atoms with Gasteiger partial charge in [0.05, 0.1) is 0 Å². The zero-order valence-corrected chi connectivity index (χ0v) is 12.1. The Kier molecular flexibility index (Phi) is 3.96. The van der Waals surface area contributed by atoms with Crippen molar-refractivity contribution in [3.8, 4) is 0 Å². The minimum Gasteiger partial charge on any atom is -0.370 e.